The van der Waals surface area contributed by atoms with Crippen molar-refractivity contribution in [1.29, 1.82) is 0 Å². The van der Waals surface area contributed by atoms with Gasteiger partial charge in [0.25, 0.3) is 5.78 Å². The zero-order chi connectivity index (χ0) is 12.3. The summed E-state index contributed by atoms with van der Waals surface area (Å²) in [7, 11) is 0. The molecule has 0 heterocycles. The molecule has 0 radical (unpaired) electrons. The van der Waals surface area contributed by atoms with Crippen LogP contribution in [0.3, 0.4) is 0 Å². The molecule has 86 valence electrons. The van der Waals surface area contributed by atoms with Crippen LogP contribution in [-0.2, 0) is 4.79 Å². The van der Waals surface area contributed by atoms with Crippen LogP contribution < -0.4 is 0 Å². The molecule has 0 aromatic heterocycles. The van der Waals surface area contributed by atoms with Crippen molar-refractivity contribution >= 4 is 23.3 Å². The zero-order valence-electron chi connectivity index (χ0n) is 8.38. The van der Waals surface area contributed by atoms with E-state index in [1.807, 2.05) is 6.92 Å². The van der Waals surface area contributed by atoms with Gasteiger partial charge in [-0.05, 0) is 12.5 Å². The normalized spacial score (nSPS) is 12.7. The minimum Gasteiger partial charge on any atom is -0.285 e. The van der Waals surface area contributed by atoms with Crippen molar-refractivity contribution < 1.29 is 18.0 Å². The maximum atomic E-state index is 12.0. The fourth-order valence-electron chi connectivity index (χ4n) is 1.01. The molecule has 0 atom stereocenters. The number of halogens is 3. The van der Waals surface area contributed by atoms with Gasteiger partial charge in [0, 0.05) is 11.0 Å². The van der Waals surface area contributed by atoms with E-state index in [0.717, 1.165) is 5.56 Å². The Bertz CT molecular complexity index is 418. The molecule has 1 aromatic carbocycles. The molecule has 0 saturated heterocycles. The van der Waals surface area contributed by atoms with Gasteiger partial charge in [-0.15, -0.1) is 12.6 Å². The van der Waals surface area contributed by atoms with E-state index in [9.17, 15) is 18.0 Å². The largest absolute Gasteiger partial charge is 0.454 e. The highest BCUT2D eigenvalue weighted by Gasteiger charge is 2.36. The number of allylic oxidation sites excluding steroid dienone is 1. The average molecular weight is 246 g/mol. The summed E-state index contributed by atoms with van der Waals surface area (Å²) in [6.07, 6.45) is -4.37. The molecule has 0 N–H and O–H groups in total. The summed E-state index contributed by atoms with van der Waals surface area (Å²) in [4.78, 5) is 10.7. The first-order valence-corrected chi connectivity index (χ1v) is 4.84. The molecule has 0 saturated carbocycles. The second kappa shape index (κ2) is 4.74. The van der Waals surface area contributed by atoms with E-state index in [1.54, 1.807) is 24.3 Å². The van der Waals surface area contributed by atoms with Gasteiger partial charge in [0.2, 0.25) is 0 Å². The number of carbonyl (C=O) groups excluding carboxylic acids is 1. The first kappa shape index (κ1) is 12.8. The van der Waals surface area contributed by atoms with Crippen LogP contribution in [0.1, 0.15) is 11.1 Å². The Hall–Kier alpha value is -1.23. The minimum atomic E-state index is -4.85. The first-order valence-electron chi connectivity index (χ1n) is 4.39. The van der Waals surface area contributed by atoms with E-state index < -0.39 is 12.0 Å². The summed E-state index contributed by atoms with van der Waals surface area (Å²) < 4.78 is 35.9. The van der Waals surface area contributed by atoms with Gasteiger partial charge < -0.3 is 0 Å². The molecule has 0 spiro atoms. The lowest BCUT2D eigenvalue weighted by Crippen LogP contribution is -2.20. The van der Waals surface area contributed by atoms with Gasteiger partial charge in [0.1, 0.15) is 0 Å². The Morgan fingerprint density at radius 2 is 1.75 bits per heavy atom. The number of hydrogen-bond acceptors (Lipinski definition) is 2. The molecule has 1 rings (SSSR count). The molecule has 0 aliphatic heterocycles. The van der Waals surface area contributed by atoms with E-state index in [4.69, 9.17) is 0 Å². The van der Waals surface area contributed by atoms with Crippen molar-refractivity contribution in [3.63, 3.8) is 0 Å². The third kappa shape index (κ3) is 3.41. The monoisotopic (exact) mass is 246 g/mol. The SMILES string of the molecule is Cc1ccc(C(S)=CC(=O)C(F)(F)F)cc1. The lowest BCUT2D eigenvalue weighted by atomic mass is 10.1. The first-order chi connectivity index (χ1) is 7.30. The highest BCUT2D eigenvalue weighted by Crippen LogP contribution is 2.23. The molecule has 0 aliphatic carbocycles. The van der Waals surface area contributed by atoms with Crippen LogP contribution in [-0.4, -0.2) is 12.0 Å². The summed E-state index contributed by atoms with van der Waals surface area (Å²) in [5, 5.41) is 0. The van der Waals surface area contributed by atoms with E-state index in [-0.39, 0.29) is 4.91 Å². The van der Waals surface area contributed by atoms with Gasteiger partial charge in [-0.1, -0.05) is 29.8 Å². The molecule has 0 aliphatic rings. The molecule has 0 bridgehead atoms. The molecule has 0 unspecified atom stereocenters. The van der Waals surface area contributed by atoms with Gasteiger partial charge >= 0.3 is 6.18 Å². The van der Waals surface area contributed by atoms with E-state index in [2.05, 4.69) is 12.6 Å². The third-order valence-corrected chi connectivity index (χ3v) is 2.28. The maximum absolute atomic E-state index is 12.0. The van der Waals surface area contributed by atoms with Crippen molar-refractivity contribution in [2.75, 3.05) is 0 Å². The number of rotatable bonds is 2. The van der Waals surface area contributed by atoms with Crippen molar-refractivity contribution in [2.24, 2.45) is 0 Å². The Morgan fingerprint density at radius 1 is 1.25 bits per heavy atom. The van der Waals surface area contributed by atoms with Crippen molar-refractivity contribution in [2.45, 2.75) is 13.1 Å². The van der Waals surface area contributed by atoms with Crippen LogP contribution in [0, 0.1) is 6.92 Å². The second-order valence-electron chi connectivity index (χ2n) is 3.26. The predicted octanol–water partition coefficient (Wildman–Crippen LogP) is 3.40. The molecular weight excluding hydrogens is 237 g/mol. The van der Waals surface area contributed by atoms with Gasteiger partial charge in [0.05, 0.1) is 0 Å². The summed E-state index contributed by atoms with van der Waals surface area (Å²) >= 11 is 3.87. The van der Waals surface area contributed by atoms with Crippen molar-refractivity contribution in [3.8, 4) is 0 Å². The van der Waals surface area contributed by atoms with Gasteiger partial charge in [0.15, 0.2) is 0 Å². The summed E-state index contributed by atoms with van der Waals surface area (Å²) in [6.45, 7) is 1.85. The second-order valence-corrected chi connectivity index (χ2v) is 3.74. The number of ketones is 1. The standard InChI is InChI=1S/C11H9F3OS/c1-7-2-4-8(5-3-7)9(16)6-10(15)11(12,13)14/h2-6,16H,1H3. The molecule has 1 nitrogen and oxygen atoms in total. The molecular formula is C11H9F3OS. The molecule has 5 heteroatoms. The fourth-order valence-corrected chi connectivity index (χ4v) is 1.28. The summed E-state index contributed by atoms with van der Waals surface area (Å²) in [5.41, 5.74) is 1.46. The smallest absolute Gasteiger partial charge is 0.285 e. The Labute approximate surface area is 96.4 Å². The Kier molecular flexibility index (Phi) is 3.80. The highest BCUT2D eigenvalue weighted by molar-refractivity contribution is 7.90. The lowest BCUT2D eigenvalue weighted by molar-refractivity contribution is -0.165. The lowest BCUT2D eigenvalue weighted by Gasteiger charge is -2.03. The van der Waals surface area contributed by atoms with Crippen LogP contribution in [0.2, 0.25) is 0 Å². The predicted molar refractivity (Wildman–Crippen MR) is 59.2 cm³/mol. The number of hydrogen-bond donors (Lipinski definition) is 1. The number of aryl methyl sites for hydroxylation is 1. The molecule has 16 heavy (non-hydrogen) atoms. The van der Waals surface area contributed by atoms with Gasteiger partial charge in [-0.25, -0.2) is 0 Å². The van der Waals surface area contributed by atoms with Crippen LogP contribution >= 0.6 is 12.6 Å². The topological polar surface area (TPSA) is 17.1 Å². The third-order valence-electron chi connectivity index (χ3n) is 1.89. The number of thiol groups is 1. The number of carbonyl (C=O) groups is 1. The highest BCUT2D eigenvalue weighted by atomic mass is 32.1. The van der Waals surface area contributed by atoms with Gasteiger partial charge in [-0.2, -0.15) is 13.2 Å². The molecule has 1 aromatic rings. The zero-order valence-corrected chi connectivity index (χ0v) is 9.27. The number of alkyl halides is 3. The quantitative estimate of drug-likeness (QED) is 0.625. The van der Waals surface area contributed by atoms with E-state index in [0.29, 0.717) is 11.6 Å². The fraction of sp³-hybridized carbons (Fsp3) is 0.182. The maximum Gasteiger partial charge on any atom is 0.454 e. The summed E-state index contributed by atoms with van der Waals surface area (Å²) in [6, 6.07) is 6.69. The minimum absolute atomic E-state index is 0.00215. The van der Waals surface area contributed by atoms with E-state index >= 15 is 0 Å². The van der Waals surface area contributed by atoms with Crippen molar-refractivity contribution in [3.05, 3.63) is 41.5 Å². The van der Waals surface area contributed by atoms with Crippen LogP contribution in [0.5, 0.6) is 0 Å². The van der Waals surface area contributed by atoms with Gasteiger partial charge in [-0.3, -0.25) is 4.79 Å². The number of benzene rings is 1. The van der Waals surface area contributed by atoms with Crippen LogP contribution in [0.25, 0.3) is 4.91 Å². The molecule has 0 amide bonds. The Balaban J connectivity index is 2.94. The van der Waals surface area contributed by atoms with Crippen LogP contribution in [0.15, 0.2) is 30.3 Å². The van der Waals surface area contributed by atoms with Crippen LogP contribution in [0.4, 0.5) is 13.2 Å². The Morgan fingerprint density at radius 3 is 2.19 bits per heavy atom. The average Bonchev–Trinajstić information content (AvgIpc) is 2.17. The van der Waals surface area contributed by atoms with Crippen molar-refractivity contribution in [1.82, 2.24) is 0 Å². The summed E-state index contributed by atoms with van der Waals surface area (Å²) in [5.74, 6) is -1.90. The van der Waals surface area contributed by atoms with E-state index in [1.165, 1.54) is 0 Å². The molecule has 0 fully saturated rings.